The van der Waals surface area contributed by atoms with Gasteiger partial charge in [-0.25, -0.2) is 0 Å². The van der Waals surface area contributed by atoms with Gasteiger partial charge in [0.15, 0.2) is 0 Å². The molecule has 0 unspecified atom stereocenters. The van der Waals surface area contributed by atoms with Gasteiger partial charge in [0.2, 0.25) is 0 Å². The SMILES string of the molecule is CCCC1=CS(=O)(=O)OC=C1. The molecule has 0 fully saturated rings. The molecule has 0 aromatic carbocycles. The molecule has 1 aliphatic heterocycles. The van der Waals surface area contributed by atoms with Crippen molar-refractivity contribution >= 4 is 10.1 Å². The van der Waals surface area contributed by atoms with Crippen LogP contribution in [0.4, 0.5) is 0 Å². The molecule has 0 radical (unpaired) electrons. The Kier molecular flexibility index (Phi) is 2.34. The first kappa shape index (κ1) is 8.33. The van der Waals surface area contributed by atoms with E-state index in [2.05, 4.69) is 4.18 Å². The number of allylic oxidation sites excluding steroid dienone is 2. The van der Waals surface area contributed by atoms with E-state index in [1.54, 1.807) is 6.08 Å². The largest absolute Gasteiger partial charge is 0.387 e. The number of hydrogen-bond acceptors (Lipinski definition) is 3. The van der Waals surface area contributed by atoms with Gasteiger partial charge in [-0.1, -0.05) is 13.3 Å². The maximum absolute atomic E-state index is 10.8. The second kappa shape index (κ2) is 3.09. The van der Waals surface area contributed by atoms with E-state index in [9.17, 15) is 8.42 Å². The van der Waals surface area contributed by atoms with E-state index in [0.717, 1.165) is 23.8 Å². The average Bonchev–Trinajstić information content (AvgIpc) is 1.85. The van der Waals surface area contributed by atoms with Crippen LogP contribution in [0.5, 0.6) is 0 Å². The summed E-state index contributed by atoms with van der Waals surface area (Å²) in [6.45, 7) is 2.00. The normalized spacial score (nSPS) is 20.6. The third-order valence-corrected chi connectivity index (χ3v) is 2.28. The first-order valence-electron chi connectivity index (χ1n) is 3.44. The zero-order chi connectivity index (χ0) is 8.32. The van der Waals surface area contributed by atoms with Crippen LogP contribution in [0.3, 0.4) is 0 Å². The highest BCUT2D eigenvalue weighted by Gasteiger charge is 2.10. The molecule has 0 aliphatic carbocycles. The molecule has 0 atom stereocenters. The molecular weight excluding hydrogens is 164 g/mol. The van der Waals surface area contributed by atoms with Crippen LogP contribution in [0.25, 0.3) is 0 Å². The summed E-state index contributed by atoms with van der Waals surface area (Å²) in [6.07, 6.45) is 4.59. The molecular formula is C7H10O3S. The maximum Gasteiger partial charge on any atom is 0.331 e. The van der Waals surface area contributed by atoms with Gasteiger partial charge in [0.25, 0.3) is 0 Å². The first-order chi connectivity index (χ1) is 5.14. The van der Waals surface area contributed by atoms with Crippen molar-refractivity contribution < 1.29 is 12.6 Å². The lowest BCUT2D eigenvalue weighted by Crippen LogP contribution is -2.01. The van der Waals surface area contributed by atoms with E-state index < -0.39 is 10.1 Å². The molecule has 0 N–H and O–H groups in total. The minimum absolute atomic E-state index is 0.777. The Morgan fingerprint density at radius 1 is 1.55 bits per heavy atom. The topological polar surface area (TPSA) is 43.4 Å². The molecule has 1 rings (SSSR count). The Bertz CT molecular complexity index is 285. The summed E-state index contributed by atoms with van der Waals surface area (Å²) in [7, 11) is -3.40. The number of rotatable bonds is 2. The molecule has 62 valence electrons. The fourth-order valence-electron chi connectivity index (χ4n) is 0.876. The molecule has 0 saturated carbocycles. The third kappa shape index (κ3) is 2.38. The Morgan fingerprint density at radius 2 is 2.27 bits per heavy atom. The first-order valence-corrected chi connectivity index (χ1v) is 4.91. The molecule has 0 aromatic heterocycles. The average molecular weight is 174 g/mol. The van der Waals surface area contributed by atoms with Gasteiger partial charge in [0, 0.05) is 0 Å². The highest BCUT2D eigenvalue weighted by Crippen LogP contribution is 2.15. The van der Waals surface area contributed by atoms with E-state index in [-0.39, 0.29) is 0 Å². The summed E-state index contributed by atoms with van der Waals surface area (Å²) in [6, 6.07) is 0. The van der Waals surface area contributed by atoms with Crippen molar-refractivity contribution in [1.82, 2.24) is 0 Å². The summed E-state index contributed by atoms with van der Waals surface area (Å²) in [4.78, 5) is 0. The molecule has 1 aliphatic rings. The minimum atomic E-state index is -3.40. The van der Waals surface area contributed by atoms with Gasteiger partial charge in [-0.05, 0) is 18.1 Å². The predicted molar refractivity (Wildman–Crippen MR) is 42.1 cm³/mol. The molecule has 3 nitrogen and oxygen atoms in total. The second-order valence-electron chi connectivity index (χ2n) is 2.33. The summed E-state index contributed by atoms with van der Waals surface area (Å²) < 4.78 is 25.9. The van der Waals surface area contributed by atoms with Gasteiger partial charge < -0.3 is 4.18 Å². The molecule has 1 heterocycles. The fraction of sp³-hybridized carbons (Fsp3) is 0.429. The van der Waals surface area contributed by atoms with E-state index in [1.807, 2.05) is 6.92 Å². The Morgan fingerprint density at radius 3 is 2.82 bits per heavy atom. The van der Waals surface area contributed by atoms with Gasteiger partial charge in [-0.15, -0.1) is 0 Å². The lowest BCUT2D eigenvalue weighted by atomic mass is 10.2. The summed E-state index contributed by atoms with van der Waals surface area (Å²) in [5, 5.41) is 1.16. The van der Waals surface area contributed by atoms with Gasteiger partial charge in [-0.2, -0.15) is 8.42 Å². The highest BCUT2D eigenvalue weighted by molar-refractivity contribution is 7.89. The van der Waals surface area contributed by atoms with Gasteiger partial charge in [-0.3, -0.25) is 0 Å². The fourth-order valence-corrected chi connectivity index (χ4v) is 1.71. The molecule has 0 saturated heterocycles. The Labute approximate surface area is 66.5 Å². The van der Waals surface area contributed by atoms with Crippen LogP contribution >= 0.6 is 0 Å². The van der Waals surface area contributed by atoms with Crippen molar-refractivity contribution in [2.75, 3.05) is 0 Å². The van der Waals surface area contributed by atoms with Crippen LogP contribution in [0.2, 0.25) is 0 Å². The van der Waals surface area contributed by atoms with Gasteiger partial charge in [0.1, 0.15) is 6.26 Å². The Hall–Kier alpha value is -0.770. The van der Waals surface area contributed by atoms with Gasteiger partial charge >= 0.3 is 10.1 Å². The lowest BCUT2D eigenvalue weighted by molar-refractivity contribution is 0.450. The molecule has 4 heteroatoms. The molecule has 0 aromatic rings. The predicted octanol–water partition coefficient (Wildman–Crippen LogP) is 1.54. The molecule has 0 spiro atoms. The van der Waals surface area contributed by atoms with Crippen LogP contribution in [-0.4, -0.2) is 8.42 Å². The Balaban J connectivity index is 2.81. The van der Waals surface area contributed by atoms with E-state index in [4.69, 9.17) is 0 Å². The van der Waals surface area contributed by atoms with Crippen molar-refractivity contribution in [2.24, 2.45) is 0 Å². The highest BCUT2D eigenvalue weighted by atomic mass is 32.2. The minimum Gasteiger partial charge on any atom is -0.387 e. The van der Waals surface area contributed by atoms with Crippen LogP contribution < -0.4 is 0 Å². The van der Waals surface area contributed by atoms with Crippen LogP contribution in [0.1, 0.15) is 19.8 Å². The summed E-state index contributed by atoms with van der Waals surface area (Å²) in [5.41, 5.74) is 0.804. The zero-order valence-corrected chi connectivity index (χ0v) is 7.10. The van der Waals surface area contributed by atoms with E-state index in [1.165, 1.54) is 6.26 Å². The maximum atomic E-state index is 10.8. The monoisotopic (exact) mass is 174 g/mol. The van der Waals surface area contributed by atoms with Crippen LogP contribution in [0.15, 0.2) is 23.3 Å². The molecule has 11 heavy (non-hydrogen) atoms. The molecule has 0 bridgehead atoms. The van der Waals surface area contributed by atoms with Crippen molar-refractivity contribution in [3.63, 3.8) is 0 Å². The molecule has 0 amide bonds. The van der Waals surface area contributed by atoms with E-state index >= 15 is 0 Å². The van der Waals surface area contributed by atoms with Crippen molar-refractivity contribution in [3.05, 3.63) is 23.3 Å². The number of hydrogen-bond donors (Lipinski definition) is 0. The van der Waals surface area contributed by atoms with Crippen LogP contribution in [-0.2, 0) is 14.3 Å². The third-order valence-electron chi connectivity index (χ3n) is 1.31. The van der Waals surface area contributed by atoms with Gasteiger partial charge in [0.05, 0.1) is 5.41 Å². The lowest BCUT2D eigenvalue weighted by Gasteiger charge is -2.05. The summed E-state index contributed by atoms with van der Waals surface area (Å²) in [5.74, 6) is 0. The standard InChI is InChI=1S/C7H10O3S/c1-2-3-7-4-5-10-11(8,9)6-7/h4-6H,2-3H2,1H3. The van der Waals surface area contributed by atoms with Crippen molar-refractivity contribution in [1.29, 1.82) is 0 Å². The van der Waals surface area contributed by atoms with Crippen molar-refractivity contribution in [2.45, 2.75) is 19.8 Å². The second-order valence-corrected chi connectivity index (χ2v) is 3.75. The van der Waals surface area contributed by atoms with E-state index in [0.29, 0.717) is 0 Å². The summed E-state index contributed by atoms with van der Waals surface area (Å²) >= 11 is 0. The van der Waals surface area contributed by atoms with Crippen LogP contribution in [0, 0.1) is 0 Å². The smallest absolute Gasteiger partial charge is 0.331 e. The van der Waals surface area contributed by atoms with Crippen molar-refractivity contribution in [3.8, 4) is 0 Å². The zero-order valence-electron chi connectivity index (χ0n) is 6.28. The quantitative estimate of drug-likeness (QED) is 0.596.